The molecule has 0 amide bonds. The largest absolute Gasteiger partial charge is 0.501 e. The number of halogens is 1. The Morgan fingerprint density at radius 2 is 2.07 bits per heavy atom. The van der Waals surface area contributed by atoms with Gasteiger partial charge in [-0.3, -0.25) is 4.79 Å². The maximum atomic E-state index is 11.5. The first-order valence-corrected chi connectivity index (χ1v) is 5.40. The number of allylic oxidation sites excluding steroid dienone is 1. The lowest BCUT2D eigenvalue weighted by molar-refractivity contribution is 0.104. The van der Waals surface area contributed by atoms with Gasteiger partial charge in [0.2, 0.25) is 0 Å². The van der Waals surface area contributed by atoms with Gasteiger partial charge in [0.15, 0.2) is 5.78 Å². The average molecular weight is 302 g/mol. The molecule has 14 heavy (non-hydrogen) atoms. The van der Waals surface area contributed by atoms with E-state index < -0.39 is 0 Å². The van der Waals surface area contributed by atoms with Crippen molar-refractivity contribution in [2.45, 2.75) is 6.92 Å². The highest BCUT2D eigenvalue weighted by Gasteiger charge is 2.00. The van der Waals surface area contributed by atoms with Crippen LogP contribution in [0.4, 0.5) is 0 Å². The van der Waals surface area contributed by atoms with Gasteiger partial charge in [-0.15, -0.1) is 0 Å². The van der Waals surface area contributed by atoms with Crippen LogP contribution in [0.15, 0.2) is 36.6 Å². The SMILES string of the molecule is CCO/C=C/C(=O)c1ccc(I)cc1. The topological polar surface area (TPSA) is 26.3 Å². The lowest BCUT2D eigenvalue weighted by Gasteiger charge is -1.96. The van der Waals surface area contributed by atoms with E-state index in [1.165, 1.54) is 12.3 Å². The number of carbonyl (C=O) groups excluding carboxylic acids is 1. The Labute approximate surface area is 97.1 Å². The maximum Gasteiger partial charge on any atom is 0.188 e. The molecule has 1 aromatic rings. The van der Waals surface area contributed by atoms with E-state index in [0.29, 0.717) is 12.2 Å². The van der Waals surface area contributed by atoms with E-state index in [4.69, 9.17) is 4.74 Å². The van der Waals surface area contributed by atoms with Crippen molar-refractivity contribution in [3.63, 3.8) is 0 Å². The summed E-state index contributed by atoms with van der Waals surface area (Å²) in [5.74, 6) is -0.0325. The lowest BCUT2D eigenvalue weighted by Crippen LogP contribution is -1.94. The van der Waals surface area contributed by atoms with Crippen molar-refractivity contribution < 1.29 is 9.53 Å². The van der Waals surface area contributed by atoms with Crippen LogP contribution in [-0.4, -0.2) is 12.4 Å². The Morgan fingerprint density at radius 3 is 2.64 bits per heavy atom. The molecule has 0 aromatic heterocycles. The fourth-order valence-corrected chi connectivity index (χ4v) is 1.28. The molecule has 1 rings (SSSR count). The molecule has 0 radical (unpaired) electrons. The Bertz CT molecular complexity index is 328. The summed E-state index contributed by atoms with van der Waals surface area (Å²) in [5.41, 5.74) is 0.682. The number of benzene rings is 1. The summed E-state index contributed by atoms with van der Waals surface area (Å²) in [5, 5.41) is 0. The van der Waals surface area contributed by atoms with Crippen LogP contribution in [0.5, 0.6) is 0 Å². The number of carbonyl (C=O) groups is 1. The van der Waals surface area contributed by atoms with Gasteiger partial charge >= 0.3 is 0 Å². The first kappa shape index (κ1) is 11.2. The summed E-state index contributed by atoms with van der Waals surface area (Å²) in [7, 11) is 0. The van der Waals surface area contributed by atoms with Crippen LogP contribution >= 0.6 is 22.6 Å². The van der Waals surface area contributed by atoms with Gasteiger partial charge in [-0.05, 0) is 41.6 Å². The molecular weight excluding hydrogens is 291 g/mol. The van der Waals surface area contributed by atoms with Gasteiger partial charge in [0.1, 0.15) is 0 Å². The van der Waals surface area contributed by atoms with Crippen LogP contribution in [0.2, 0.25) is 0 Å². The van der Waals surface area contributed by atoms with Crippen LogP contribution in [0.25, 0.3) is 0 Å². The van der Waals surface area contributed by atoms with Crippen LogP contribution in [-0.2, 0) is 4.74 Å². The van der Waals surface area contributed by atoms with Crippen LogP contribution in [0, 0.1) is 3.57 Å². The Kier molecular flexibility index (Phi) is 4.65. The zero-order chi connectivity index (χ0) is 10.4. The quantitative estimate of drug-likeness (QED) is 0.370. The predicted molar refractivity (Wildman–Crippen MR) is 64.3 cm³/mol. The summed E-state index contributed by atoms with van der Waals surface area (Å²) >= 11 is 2.20. The maximum absolute atomic E-state index is 11.5. The van der Waals surface area contributed by atoms with E-state index in [-0.39, 0.29) is 5.78 Å². The van der Waals surface area contributed by atoms with Gasteiger partial charge in [0, 0.05) is 15.2 Å². The molecule has 0 fully saturated rings. The van der Waals surface area contributed by atoms with Gasteiger partial charge in [0.25, 0.3) is 0 Å². The Hall–Kier alpha value is -0.840. The van der Waals surface area contributed by atoms with Crippen molar-refractivity contribution in [3.8, 4) is 0 Å². The second-order valence-corrected chi connectivity index (χ2v) is 3.87. The molecule has 0 saturated heterocycles. The third-order valence-electron chi connectivity index (χ3n) is 1.61. The van der Waals surface area contributed by atoms with Crippen molar-refractivity contribution in [1.82, 2.24) is 0 Å². The molecule has 3 heteroatoms. The Balaban J connectivity index is 2.65. The van der Waals surface area contributed by atoms with Crippen LogP contribution < -0.4 is 0 Å². The lowest BCUT2D eigenvalue weighted by atomic mass is 10.1. The second-order valence-electron chi connectivity index (χ2n) is 2.63. The molecule has 0 spiro atoms. The normalized spacial score (nSPS) is 10.4. The molecule has 0 aliphatic rings. The van der Waals surface area contributed by atoms with E-state index in [9.17, 15) is 4.79 Å². The average Bonchev–Trinajstić information content (AvgIpc) is 2.19. The van der Waals surface area contributed by atoms with Gasteiger partial charge in [-0.25, -0.2) is 0 Å². The summed E-state index contributed by atoms with van der Waals surface area (Å²) in [6.45, 7) is 2.45. The highest BCUT2D eigenvalue weighted by atomic mass is 127. The van der Waals surface area contributed by atoms with Crippen LogP contribution in [0.1, 0.15) is 17.3 Å². The molecule has 0 saturated carbocycles. The van der Waals surface area contributed by atoms with Gasteiger partial charge in [-0.2, -0.15) is 0 Å². The molecule has 0 unspecified atom stereocenters. The van der Waals surface area contributed by atoms with E-state index in [2.05, 4.69) is 22.6 Å². The molecular formula is C11H11IO2. The van der Waals surface area contributed by atoms with Gasteiger partial charge in [0.05, 0.1) is 12.9 Å². The van der Waals surface area contributed by atoms with Crippen molar-refractivity contribution in [2.75, 3.05) is 6.61 Å². The summed E-state index contributed by atoms with van der Waals surface area (Å²) < 4.78 is 6.06. The molecule has 2 nitrogen and oxygen atoms in total. The fourth-order valence-electron chi connectivity index (χ4n) is 0.917. The van der Waals surface area contributed by atoms with Crippen molar-refractivity contribution >= 4 is 28.4 Å². The zero-order valence-electron chi connectivity index (χ0n) is 7.87. The monoisotopic (exact) mass is 302 g/mol. The fraction of sp³-hybridized carbons (Fsp3) is 0.182. The van der Waals surface area contributed by atoms with E-state index in [1.807, 2.05) is 19.1 Å². The Morgan fingerprint density at radius 1 is 1.43 bits per heavy atom. The molecule has 0 bridgehead atoms. The first-order valence-electron chi connectivity index (χ1n) is 4.32. The molecule has 1 aromatic carbocycles. The summed E-state index contributed by atoms with van der Waals surface area (Å²) in [6.07, 6.45) is 2.87. The molecule has 0 atom stereocenters. The van der Waals surface area contributed by atoms with Crippen molar-refractivity contribution in [3.05, 3.63) is 45.7 Å². The number of ketones is 1. The summed E-state index contributed by atoms with van der Waals surface area (Å²) in [6, 6.07) is 7.42. The summed E-state index contributed by atoms with van der Waals surface area (Å²) in [4.78, 5) is 11.5. The van der Waals surface area contributed by atoms with Gasteiger partial charge < -0.3 is 4.74 Å². The van der Waals surface area contributed by atoms with Crippen LogP contribution in [0.3, 0.4) is 0 Å². The van der Waals surface area contributed by atoms with Crippen molar-refractivity contribution in [2.24, 2.45) is 0 Å². The van der Waals surface area contributed by atoms with E-state index in [1.54, 1.807) is 12.1 Å². The van der Waals surface area contributed by atoms with E-state index >= 15 is 0 Å². The zero-order valence-corrected chi connectivity index (χ0v) is 10.0. The number of rotatable bonds is 4. The van der Waals surface area contributed by atoms with Crippen molar-refractivity contribution in [1.29, 1.82) is 0 Å². The second kappa shape index (κ2) is 5.80. The minimum absolute atomic E-state index is 0.0325. The highest BCUT2D eigenvalue weighted by molar-refractivity contribution is 14.1. The first-order chi connectivity index (χ1) is 6.74. The standard InChI is InChI=1S/C11H11IO2/c1-2-14-8-7-11(13)9-3-5-10(12)6-4-9/h3-8H,2H2,1H3/b8-7+. The third-order valence-corrected chi connectivity index (χ3v) is 2.33. The smallest absolute Gasteiger partial charge is 0.188 e. The number of hydrogen-bond donors (Lipinski definition) is 0. The third kappa shape index (κ3) is 3.49. The highest BCUT2D eigenvalue weighted by Crippen LogP contribution is 2.07. The molecule has 74 valence electrons. The minimum Gasteiger partial charge on any atom is -0.501 e. The van der Waals surface area contributed by atoms with E-state index in [0.717, 1.165) is 3.57 Å². The number of hydrogen-bond acceptors (Lipinski definition) is 2. The molecule has 0 aliphatic heterocycles. The van der Waals surface area contributed by atoms with Gasteiger partial charge in [-0.1, -0.05) is 12.1 Å². The molecule has 0 aliphatic carbocycles. The minimum atomic E-state index is -0.0325. The molecule has 0 N–H and O–H groups in total. The molecule has 0 heterocycles. The number of ether oxygens (including phenoxy) is 1. The predicted octanol–water partition coefficient (Wildman–Crippen LogP) is 3.02.